The van der Waals surface area contributed by atoms with E-state index < -0.39 is 17.6 Å². The Kier molecular flexibility index (Phi) is 6.28. The Hall–Kier alpha value is -3.14. The highest BCUT2D eigenvalue weighted by molar-refractivity contribution is 6.00. The fourth-order valence-electron chi connectivity index (χ4n) is 4.68. The molecule has 1 aromatic heterocycles. The van der Waals surface area contributed by atoms with Gasteiger partial charge in [-0.3, -0.25) is 28.9 Å². The first-order valence-corrected chi connectivity index (χ1v) is 11.7. The molecule has 1 unspecified atom stereocenters. The number of aromatic nitrogens is 2. The first-order chi connectivity index (χ1) is 16.0. The third-order valence-corrected chi connectivity index (χ3v) is 6.57. The number of aryl methyl sites for hydroxylation is 1. The standard InChI is InChI=1S/C24H33N5O5/c1-24(2,3)34-23(33)26(4)16-13-28(14-16)12-11-15-7-6-8-17-20(15)27(5)22(32)29(17)18-9-10-19(30)25-21(18)31/h6-8,16,18H,9-14H2,1-5H3,(H,25,30,31). The number of imide groups is 1. The predicted molar refractivity (Wildman–Crippen MR) is 127 cm³/mol. The SMILES string of the molecule is CN(C(=O)OC(C)(C)C)C1CN(CCc2cccc3c2n(C)c(=O)n3C2CCC(=O)NC2=O)C1. The Morgan fingerprint density at radius 1 is 1.21 bits per heavy atom. The Bertz CT molecular complexity index is 1180. The number of amides is 3. The molecule has 0 radical (unpaired) electrons. The van der Waals surface area contributed by atoms with E-state index in [0.717, 1.165) is 37.1 Å². The number of nitrogens with one attached hydrogen (secondary N) is 1. The van der Waals surface area contributed by atoms with Crippen LogP contribution in [0.25, 0.3) is 11.0 Å². The summed E-state index contributed by atoms with van der Waals surface area (Å²) in [6, 6.07) is 5.17. The third kappa shape index (κ3) is 4.59. The summed E-state index contributed by atoms with van der Waals surface area (Å²) in [6.45, 7) is 7.88. The van der Waals surface area contributed by atoms with Gasteiger partial charge in [0.1, 0.15) is 11.6 Å². The number of hydrogen-bond acceptors (Lipinski definition) is 6. The van der Waals surface area contributed by atoms with Gasteiger partial charge < -0.3 is 9.64 Å². The zero-order valence-electron chi connectivity index (χ0n) is 20.5. The molecule has 4 rings (SSSR count). The number of carbonyl (C=O) groups excluding carboxylic acids is 3. The summed E-state index contributed by atoms with van der Waals surface area (Å²) >= 11 is 0. The molecular formula is C24H33N5O5. The fourth-order valence-corrected chi connectivity index (χ4v) is 4.68. The van der Waals surface area contributed by atoms with Crippen LogP contribution in [-0.4, -0.2) is 75.2 Å². The van der Waals surface area contributed by atoms with Gasteiger partial charge in [0.15, 0.2) is 0 Å². The molecule has 0 spiro atoms. The molecule has 1 N–H and O–H groups in total. The van der Waals surface area contributed by atoms with Crippen LogP contribution in [0.3, 0.4) is 0 Å². The van der Waals surface area contributed by atoms with Gasteiger partial charge in [-0.25, -0.2) is 9.59 Å². The van der Waals surface area contributed by atoms with Crippen LogP contribution in [0.1, 0.15) is 45.2 Å². The van der Waals surface area contributed by atoms with Gasteiger partial charge in [-0.2, -0.15) is 0 Å². The van der Waals surface area contributed by atoms with Crippen LogP contribution in [0.2, 0.25) is 0 Å². The molecule has 10 heteroatoms. The molecule has 2 saturated heterocycles. The molecule has 1 atom stereocenters. The number of hydrogen-bond donors (Lipinski definition) is 1. The van der Waals surface area contributed by atoms with Crippen LogP contribution < -0.4 is 11.0 Å². The normalized spacial score (nSPS) is 19.7. The van der Waals surface area contributed by atoms with E-state index in [1.807, 2.05) is 39.0 Å². The smallest absolute Gasteiger partial charge is 0.410 e. The van der Waals surface area contributed by atoms with Crippen molar-refractivity contribution in [1.29, 1.82) is 0 Å². The Morgan fingerprint density at radius 3 is 2.56 bits per heavy atom. The van der Waals surface area contributed by atoms with Crippen molar-refractivity contribution in [3.63, 3.8) is 0 Å². The van der Waals surface area contributed by atoms with E-state index in [4.69, 9.17) is 4.74 Å². The van der Waals surface area contributed by atoms with Crippen molar-refractivity contribution in [2.24, 2.45) is 7.05 Å². The molecule has 3 heterocycles. The second kappa shape index (κ2) is 8.90. The van der Waals surface area contributed by atoms with Gasteiger partial charge in [0.2, 0.25) is 11.8 Å². The lowest BCUT2D eigenvalue weighted by molar-refractivity contribution is -0.135. The summed E-state index contributed by atoms with van der Waals surface area (Å²) in [5.41, 5.74) is 1.74. The van der Waals surface area contributed by atoms with E-state index in [1.54, 1.807) is 23.6 Å². The van der Waals surface area contributed by atoms with Crippen LogP contribution in [0.15, 0.2) is 23.0 Å². The molecule has 0 saturated carbocycles. The van der Waals surface area contributed by atoms with E-state index in [1.165, 1.54) is 4.57 Å². The van der Waals surface area contributed by atoms with Gasteiger partial charge in [0.25, 0.3) is 0 Å². The molecule has 0 aliphatic carbocycles. The van der Waals surface area contributed by atoms with E-state index in [9.17, 15) is 19.2 Å². The third-order valence-electron chi connectivity index (χ3n) is 6.57. The average Bonchev–Trinajstić information content (AvgIpc) is 2.97. The Labute approximate surface area is 198 Å². The van der Waals surface area contributed by atoms with Gasteiger partial charge in [0, 0.05) is 40.2 Å². The number of benzene rings is 1. The van der Waals surface area contributed by atoms with Crippen molar-refractivity contribution in [3.05, 3.63) is 34.2 Å². The lowest BCUT2D eigenvalue weighted by Crippen LogP contribution is -2.60. The van der Waals surface area contributed by atoms with Crippen LogP contribution in [0.4, 0.5) is 4.79 Å². The second-order valence-corrected chi connectivity index (χ2v) is 10.2. The summed E-state index contributed by atoms with van der Waals surface area (Å²) in [6.07, 6.45) is 0.945. The Morgan fingerprint density at radius 2 is 1.91 bits per heavy atom. The number of likely N-dealkylation sites (tertiary alicyclic amines) is 1. The number of fused-ring (bicyclic) bond motifs is 1. The highest BCUT2D eigenvalue weighted by Gasteiger charge is 2.35. The van der Waals surface area contributed by atoms with Gasteiger partial charge in [-0.15, -0.1) is 0 Å². The van der Waals surface area contributed by atoms with Crippen molar-refractivity contribution in [1.82, 2.24) is 24.3 Å². The zero-order valence-corrected chi connectivity index (χ0v) is 20.5. The van der Waals surface area contributed by atoms with Crippen molar-refractivity contribution in [3.8, 4) is 0 Å². The molecule has 0 bridgehead atoms. The minimum absolute atomic E-state index is 0.114. The van der Waals surface area contributed by atoms with Crippen LogP contribution in [-0.2, 0) is 27.8 Å². The van der Waals surface area contributed by atoms with E-state index >= 15 is 0 Å². The summed E-state index contributed by atoms with van der Waals surface area (Å²) in [4.78, 5) is 53.2. The van der Waals surface area contributed by atoms with E-state index in [2.05, 4.69) is 10.2 Å². The summed E-state index contributed by atoms with van der Waals surface area (Å²) < 4.78 is 8.54. The number of ether oxygens (including phenoxy) is 1. The highest BCUT2D eigenvalue weighted by atomic mass is 16.6. The van der Waals surface area contributed by atoms with Gasteiger partial charge in [0.05, 0.1) is 17.1 Å². The quantitative estimate of drug-likeness (QED) is 0.661. The molecule has 10 nitrogen and oxygen atoms in total. The highest BCUT2D eigenvalue weighted by Crippen LogP contribution is 2.26. The first-order valence-electron chi connectivity index (χ1n) is 11.7. The second-order valence-electron chi connectivity index (χ2n) is 10.2. The summed E-state index contributed by atoms with van der Waals surface area (Å²) in [7, 11) is 3.48. The lowest BCUT2D eigenvalue weighted by Gasteiger charge is -2.44. The summed E-state index contributed by atoms with van der Waals surface area (Å²) in [5, 5.41) is 2.34. The minimum atomic E-state index is -0.691. The lowest BCUT2D eigenvalue weighted by atomic mass is 10.0. The molecule has 1 aromatic carbocycles. The number of piperidine rings is 1. The van der Waals surface area contributed by atoms with Crippen molar-refractivity contribution < 1.29 is 19.1 Å². The van der Waals surface area contributed by atoms with Gasteiger partial charge in [-0.1, -0.05) is 12.1 Å². The number of carbonyl (C=O) groups is 3. The number of imidazole rings is 1. The Balaban J connectivity index is 1.44. The summed E-state index contributed by atoms with van der Waals surface area (Å²) in [5.74, 6) is -0.739. The van der Waals surface area contributed by atoms with Crippen LogP contribution >= 0.6 is 0 Å². The maximum absolute atomic E-state index is 13.1. The number of likely N-dealkylation sites (N-methyl/N-ethyl adjacent to an activating group) is 1. The molecule has 2 aromatic rings. The first kappa shape index (κ1) is 24.0. The van der Waals surface area contributed by atoms with Crippen LogP contribution in [0, 0.1) is 0 Å². The van der Waals surface area contributed by atoms with Crippen molar-refractivity contribution in [2.45, 2.75) is 57.7 Å². The maximum atomic E-state index is 13.1. The van der Waals surface area contributed by atoms with Crippen molar-refractivity contribution in [2.75, 3.05) is 26.7 Å². The number of rotatable bonds is 5. The number of para-hydroxylation sites is 1. The zero-order chi connectivity index (χ0) is 24.8. The van der Waals surface area contributed by atoms with E-state index in [0.29, 0.717) is 11.9 Å². The maximum Gasteiger partial charge on any atom is 0.410 e. The topological polar surface area (TPSA) is 106 Å². The molecule has 2 aliphatic rings. The number of nitrogens with zero attached hydrogens (tertiary/aromatic N) is 4. The minimum Gasteiger partial charge on any atom is -0.444 e. The molecule has 34 heavy (non-hydrogen) atoms. The molecular weight excluding hydrogens is 438 g/mol. The average molecular weight is 472 g/mol. The predicted octanol–water partition coefficient (Wildman–Crippen LogP) is 1.41. The largest absolute Gasteiger partial charge is 0.444 e. The van der Waals surface area contributed by atoms with Gasteiger partial charge >= 0.3 is 11.8 Å². The fraction of sp³-hybridized carbons (Fsp3) is 0.583. The molecule has 184 valence electrons. The van der Waals surface area contributed by atoms with E-state index in [-0.39, 0.29) is 30.2 Å². The monoisotopic (exact) mass is 471 g/mol. The van der Waals surface area contributed by atoms with Crippen molar-refractivity contribution >= 4 is 28.9 Å². The van der Waals surface area contributed by atoms with Crippen LogP contribution in [0.5, 0.6) is 0 Å². The molecule has 2 aliphatic heterocycles. The molecule has 3 amide bonds. The van der Waals surface area contributed by atoms with Gasteiger partial charge in [-0.05, 0) is 45.2 Å². The molecule has 2 fully saturated rings.